The molecule has 0 saturated heterocycles. The lowest BCUT2D eigenvalue weighted by Gasteiger charge is -2.41. The number of hydrogen-bond acceptors (Lipinski definition) is 0. The van der Waals surface area contributed by atoms with E-state index in [0.717, 1.165) is 42.4 Å². The van der Waals surface area contributed by atoms with Crippen molar-refractivity contribution in [1.82, 2.24) is 0 Å². The summed E-state index contributed by atoms with van der Waals surface area (Å²) in [7, 11) is 0. The highest BCUT2D eigenvalue weighted by atomic mass is 19.2. The highest BCUT2D eigenvalue weighted by Gasteiger charge is 2.34. The second-order valence-electron chi connectivity index (χ2n) is 11.7. The summed E-state index contributed by atoms with van der Waals surface area (Å²) in [5.74, 6) is 3.72. The summed E-state index contributed by atoms with van der Waals surface area (Å²) in [6, 6.07) is 3.53. The van der Waals surface area contributed by atoms with E-state index >= 15 is 0 Å². The van der Waals surface area contributed by atoms with Gasteiger partial charge in [0, 0.05) is 5.56 Å². The zero-order chi connectivity index (χ0) is 23.9. The lowest BCUT2D eigenvalue weighted by atomic mass is 9.65. The maximum atomic E-state index is 14.5. The number of allylic oxidation sites excluding steroid dienone is 2. The van der Waals surface area contributed by atoms with E-state index in [9.17, 15) is 8.78 Å². The van der Waals surface area contributed by atoms with Crippen LogP contribution in [0.3, 0.4) is 0 Å². The molecule has 0 heterocycles. The molecule has 3 fully saturated rings. The summed E-state index contributed by atoms with van der Waals surface area (Å²) < 4.78 is 28.9. The minimum absolute atomic E-state index is 0.403. The molecule has 1 aromatic rings. The molecule has 3 aliphatic rings. The van der Waals surface area contributed by atoms with Gasteiger partial charge in [0.15, 0.2) is 11.6 Å². The van der Waals surface area contributed by atoms with Gasteiger partial charge in [0.05, 0.1) is 0 Å². The molecule has 4 rings (SSSR count). The Morgan fingerprint density at radius 1 is 0.735 bits per heavy atom. The lowest BCUT2D eigenvalue weighted by molar-refractivity contribution is 0.112. The zero-order valence-corrected chi connectivity index (χ0v) is 21.4. The van der Waals surface area contributed by atoms with E-state index in [1.54, 1.807) is 12.1 Å². The normalized spacial score (nSPS) is 32.7. The van der Waals surface area contributed by atoms with Gasteiger partial charge in [-0.1, -0.05) is 43.7 Å². The molecule has 3 saturated carbocycles. The van der Waals surface area contributed by atoms with E-state index in [0.29, 0.717) is 23.5 Å². The highest BCUT2D eigenvalue weighted by molar-refractivity contribution is 5.51. The van der Waals surface area contributed by atoms with Gasteiger partial charge in [0.2, 0.25) is 0 Å². The first-order chi connectivity index (χ1) is 16.6. The van der Waals surface area contributed by atoms with E-state index in [4.69, 9.17) is 0 Å². The van der Waals surface area contributed by atoms with Crippen molar-refractivity contribution < 1.29 is 8.78 Å². The molecule has 0 atom stereocenters. The molecule has 0 aromatic heterocycles. The molecule has 2 heteroatoms. The lowest BCUT2D eigenvalue weighted by Crippen LogP contribution is -2.29. The number of unbranched alkanes of at least 4 members (excludes halogenated alkanes) is 1. The Labute approximate surface area is 207 Å². The molecule has 0 bridgehead atoms. The molecular weight excluding hydrogens is 422 g/mol. The van der Waals surface area contributed by atoms with E-state index in [1.165, 1.54) is 77.0 Å². The Morgan fingerprint density at radius 2 is 1.24 bits per heavy atom. The van der Waals surface area contributed by atoms with Crippen LogP contribution in [0, 0.1) is 47.1 Å². The van der Waals surface area contributed by atoms with Crippen molar-refractivity contribution >= 4 is 6.08 Å². The van der Waals surface area contributed by atoms with E-state index < -0.39 is 11.6 Å². The fraction of sp³-hybridized carbons (Fsp3) is 0.688. The maximum Gasteiger partial charge on any atom is 0.166 e. The Hall–Kier alpha value is -1.44. The van der Waals surface area contributed by atoms with Gasteiger partial charge in [-0.25, -0.2) is 8.78 Å². The second kappa shape index (κ2) is 12.5. The van der Waals surface area contributed by atoms with E-state index in [2.05, 4.69) is 25.7 Å². The standard InChI is InChI=1S/C32H46F2/c1-3-5-6-29-21-22-30(32(34)31(29)33)16-11-24-9-14-26(15-10-24)28-19-17-27(18-20-28)25-12-7-23(4-2)8-13-25/h4,11,16,21-28H,2-3,5-10,12-15,17-20H2,1H3/b16-11+. The molecule has 0 unspecified atom stereocenters. The molecule has 188 valence electrons. The summed E-state index contributed by atoms with van der Waals surface area (Å²) in [5, 5.41) is 0. The molecule has 34 heavy (non-hydrogen) atoms. The van der Waals surface area contributed by atoms with Crippen LogP contribution in [-0.4, -0.2) is 0 Å². The van der Waals surface area contributed by atoms with Crippen LogP contribution in [-0.2, 0) is 6.42 Å². The van der Waals surface area contributed by atoms with E-state index in [1.807, 2.05) is 6.08 Å². The van der Waals surface area contributed by atoms with Gasteiger partial charge in [0.25, 0.3) is 0 Å². The first-order valence-corrected chi connectivity index (χ1v) is 14.4. The average Bonchev–Trinajstić information content (AvgIpc) is 2.89. The number of hydrogen-bond donors (Lipinski definition) is 0. The van der Waals surface area contributed by atoms with Crippen LogP contribution in [0.4, 0.5) is 8.78 Å². The van der Waals surface area contributed by atoms with Crippen molar-refractivity contribution in [3.8, 4) is 0 Å². The summed E-state index contributed by atoms with van der Waals surface area (Å²) in [6.45, 7) is 6.07. The van der Waals surface area contributed by atoms with Crippen LogP contribution in [0.5, 0.6) is 0 Å². The first-order valence-electron chi connectivity index (χ1n) is 14.4. The van der Waals surface area contributed by atoms with Crippen LogP contribution < -0.4 is 0 Å². The predicted molar refractivity (Wildman–Crippen MR) is 141 cm³/mol. The summed E-state index contributed by atoms with van der Waals surface area (Å²) in [4.78, 5) is 0. The van der Waals surface area contributed by atoms with Crippen molar-refractivity contribution in [3.05, 3.63) is 53.6 Å². The number of aryl methyl sites for hydroxylation is 1. The minimum Gasteiger partial charge on any atom is -0.203 e. The third-order valence-corrected chi connectivity index (χ3v) is 9.66. The first kappa shape index (κ1) is 25.6. The SMILES string of the molecule is C=CC1CCC(C2CCC(C3CCC(/C=C/c4ccc(CCCC)c(F)c4F)CC3)CC2)CC1. The molecule has 0 radical (unpaired) electrons. The van der Waals surface area contributed by atoms with Crippen LogP contribution in [0.2, 0.25) is 0 Å². The van der Waals surface area contributed by atoms with Crippen LogP contribution >= 0.6 is 0 Å². The molecule has 0 N–H and O–H groups in total. The summed E-state index contributed by atoms with van der Waals surface area (Å²) in [5.41, 5.74) is 0.913. The largest absolute Gasteiger partial charge is 0.203 e. The van der Waals surface area contributed by atoms with Crippen molar-refractivity contribution in [2.45, 2.75) is 103 Å². The molecule has 0 aliphatic heterocycles. The van der Waals surface area contributed by atoms with Crippen LogP contribution in [0.15, 0.2) is 30.9 Å². The second-order valence-corrected chi connectivity index (χ2v) is 11.7. The highest BCUT2D eigenvalue weighted by Crippen LogP contribution is 2.46. The van der Waals surface area contributed by atoms with Gasteiger partial charge >= 0.3 is 0 Å². The van der Waals surface area contributed by atoms with Gasteiger partial charge in [-0.2, -0.15) is 0 Å². The van der Waals surface area contributed by atoms with Crippen molar-refractivity contribution in [2.24, 2.45) is 35.5 Å². The third kappa shape index (κ3) is 6.41. The molecule has 3 aliphatic carbocycles. The molecular formula is C32H46F2. The Morgan fingerprint density at radius 3 is 1.74 bits per heavy atom. The Kier molecular flexibility index (Phi) is 9.43. The summed E-state index contributed by atoms with van der Waals surface area (Å²) >= 11 is 0. The number of benzene rings is 1. The van der Waals surface area contributed by atoms with Gasteiger partial charge in [-0.3, -0.25) is 0 Å². The van der Waals surface area contributed by atoms with Gasteiger partial charge in [-0.15, -0.1) is 6.58 Å². The Balaban J connectivity index is 1.21. The minimum atomic E-state index is -0.673. The van der Waals surface area contributed by atoms with Crippen molar-refractivity contribution in [3.63, 3.8) is 0 Å². The predicted octanol–water partition coefficient (Wildman–Crippen LogP) is 9.93. The van der Waals surface area contributed by atoms with Crippen molar-refractivity contribution in [2.75, 3.05) is 0 Å². The molecule has 1 aromatic carbocycles. The molecule has 0 spiro atoms. The topological polar surface area (TPSA) is 0 Å². The zero-order valence-electron chi connectivity index (χ0n) is 21.4. The fourth-order valence-corrected chi connectivity index (χ4v) is 7.28. The van der Waals surface area contributed by atoms with Gasteiger partial charge in [-0.05, 0) is 131 Å². The van der Waals surface area contributed by atoms with Crippen LogP contribution in [0.1, 0.15) is 108 Å². The monoisotopic (exact) mass is 468 g/mol. The van der Waals surface area contributed by atoms with Crippen molar-refractivity contribution in [1.29, 1.82) is 0 Å². The number of halogens is 2. The molecule has 0 amide bonds. The smallest absolute Gasteiger partial charge is 0.166 e. The average molecular weight is 469 g/mol. The number of rotatable bonds is 8. The van der Waals surface area contributed by atoms with Crippen LogP contribution in [0.25, 0.3) is 6.08 Å². The quantitative estimate of drug-likeness (QED) is 0.333. The summed E-state index contributed by atoms with van der Waals surface area (Å²) in [6.07, 6.45) is 25.0. The van der Waals surface area contributed by atoms with Gasteiger partial charge < -0.3 is 0 Å². The van der Waals surface area contributed by atoms with Gasteiger partial charge in [0.1, 0.15) is 0 Å². The van der Waals surface area contributed by atoms with E-state index in [-0.39, 0.29) is 0 Å². The fourth-order valence-electron chi connectivity index (χ4n) is 7.28. The Bertz CT molecular complexity index is 801. The molecule has 0 nitrogen and oxygen atoms in total. The third-order valence-electron chi connectivity index (χ3n) is 9.66. The maximum absolute atomic E-state index is 14.5.